The van der Waals surface area contributed by atoms with Crippen molar-refractivity contribution in [3.8, 4) is 0 Å². The second kappa shape index (κ2) is 56.6. The number of allylic oxidation sites excluding steroid dienone is 12. The third-order valence-corrected chi connectivity index (χ3v) is 14.7. The summed E-state index contributed by atoms with van der Waals surface area (Å²) in [5.41, 5.74) is 0. The number of aliphatic hydroxyl groups is 2. The van der Waals surface area contributed by atoms with Gasteiger partial charge in [-0.1, -0.05) is 235 Å². The number of carboxylic acid groups (broad SMARTS) is 1. The number of unbranched alkanes of at least 4 members (excludes halogenated alkanes) is 30. The normalized spacial score (nSPS) is 18.2. The van der Waals surface area contributed by atoms with Crippen LogP contribution < -0.4 is 0 Å². The van der Waals surface area contributed by atoms with Crippen molar-refractivity contribution >= 4 is 23.9 Å². The molecule has 6 unspecified atom stereocenters. The molecular formula is C69H118O12. The van der Waals surface area contributed by atoms with Crippen molar-refractivity contribution in [3.63, 3.8) is 0 Å². The SMILES string of the molecule is CC/C=C\C/C=C\C/C=C\C/C=C\CCCCCCCCC(=O)OCC(COC1OC(C(=O)O)C(O)C(O)C1OC(=O)CCCCCCC/C=C\CCCCCC)OC(=O)CCCCCCCCCCC/C=C\CCCCCCCC. The average Bonchev–Trinajstić information content (AvgIpc) is 3.46. The Morgan fingerprint density at radius 3 is 1.21 bits per heavy atom. The van der Waals surface area contributed by atoms with Gasteiger partial charge in [-0.3, -0.25) is 14.4 Å². The summed E-state index contributed by atoms with van der Waals surface area (Å²) >= 11 is 0. The van der Waals surface area contributed by atoms with E-state index in [1.54, 1.807) is 0 Å². The van der Waals surface area contributed by atoms with Crippen LogP contribution in [0.4, 0.5) is 0 Å². The maximum absolute atomic E-state index is 13.2. The zero-order valence-corrected chi connectivity index (χ0v) is 51.5. The van der Waals surface area contributed by atoms with E-state index < -0.39 is 67.3 Å². The molecule has 1 aliphatic heterocycles. The van der Waals surface area contributed by atoms with E-state index in [1.165, 1.54) is 103 Å². The van der Waals surface area contributed by atoms with Crippen LogP contribution in [-0.2, 0) is 42.9 Å². The lowest BCUT2D eigenvalue weighted by atomic mass is 9.98. The quantitative estimate of drug-likeness (QED) is 0.0228. The Hall–Kier alpha value is -3.84. The third kappa shape index (κ3) is 46.3. The van der Waals surface area contributed by atoms with Crippen molar-refractivity contribution in [3.05, 3.63) is 72.9 Å². The standard InChI is InChI=1S/C69H118O12/c1-4-7-10-13-16-19-22-25-27-29-31-33-35-38-40-43-46-49-52-55-61(70)77-58-60(79-62(71)56-53-50-47-44-42-39-36-34-32-30-28-26-23-20-17-14-11-8-5-2)59-78-69-67(65(74)64(73)66(81-69)68(75)76)80-63(72)57-54-51-48-45-41-37-24-21-18-15-12-9-6-3/h7,10,16,19,21,24-28,31,33,60,64-67,69,73-74H,4-6,8-9,11-15,17-18,20,22-23,29-30,32,34-59H2,1-3H3,(H,75,76)/b10-7-,19-16-,24-21-,27-25-,28-26-,33-31-. The molecule has 6 atom stereocenters. The minimum Gasteiger partial charge on any atom is -0.479 e. The lowest BCUT2D eigenvalue weighted by Gasteiger charge is -2.40. The summed E-state index contributed by atoms with van der Waals surface area (Å²) in [6, 6.07) is 0. The topological polar surface area (TPSA) is 175 Å². The highest BCUT2D eigenvalue weighted by atomic mass is 16.7. The molecule has 12 heteroatoms. The Bertz CT molecular complexity index is 1680. The van der Waals surface area contributed by atoms with Crippen molar-refractivity contribution in [1.82, 2.24) is 0 Å². The minimum absolute atomic E-state index is 0.0480. The smallest absolute Gasteiger partial charge is 0.335 e. The molecule has 0 aromatic rings. The summed E-state index contributed by atoms with van der Waals surface area (Å²) in [6.45, 7) is 5.87. The van der Waals surface area contributed by atoms with Gasteiger partial charge in [0.15, 0.2) is 24.6 Å². The second-order valence-corrected chi connectivity index (χ2v) is 22.4. The van der Waals surface area contributed by atoms with Gasteiger partial charge in [0.25, 0.3) is 0 Å². The predicted molar refractivity (Wildman–Crippen MR) is 331 cm³/mol. The van der Waals surface area contributed by atoms with Gasteiger partial charge in [0.05, 0.1) is 6.61 Å². The van der Waals surface area contributed by atoms with E-state index in [1.807, 2.05) is 0 Å². The Morgan fingerprint density at radius 1 is 0.420 bits per heavy atom. The molecule has 12 nitrogen and oxygen atoms in total. The molecular weight excluding hydrogens is 1020 g/mol. The third-order valence-electron chi connectivity index (χ3n) is 14.7. The van der Waals surface area contributed by atoms with Crippen LogP contribution in [-0.4, -0.2) is 89.2 Å². The van der Waals surface area contributed by atoms with Crippen LogP contribution in [0.25, 0.3) is 0 Å². The zero-order valence-electron chi connectivity index (χ0n) is 51.5. The summed E-state index contributed by atoms with van der Waals surface area (Å²) in [7, 11) is 0. The first-order valence-electron chi connectivity index (χ1n) is 32.9. The molecule has 0 spiro atoms. The maximum atomic E-state index is 13.2. The molecule has 0 saturated carbocycles. The largest absolute Gasteiger partial charge is 0.479 e. The monoisotopic (exact) mass is 1140 g/mol. The van der Waals surface area contributed by atoms with Gasteiger partial charge in [-0.2, -0.15) is 0 Å². The molecule has 0 aromatic carbocycles. The van der Waals surface area contributed by atoms with E-state index >= 15 is 0 Å². The number of carboxylic acids is 1. The summed E-state index contributed by atoms with van der Waals surface area (Å²) in [5.74, 6) is -3.14. The molecule has 81 heavy (non-hydrogen) atoms. The fourth-order valence-corrected chi connectivity index (χ4v) is 9.70. The molecule has 3 N–H and O–H groups in total. The van der Waals surface area contributed by atoms with Crippen LogP contribution in [0, 0.1) is 0 Å². The number of aliphatic carboxylic acids is 1. The van der Waals surface area contributed by atoms with Crippen molar-refractivity contribution in [1.29, 1.82) is 0 Å². The van der Waals surface area contributed by atoms with Crippen molar-refractivity contribution in [2.24, 2.45) is 0 Å². The first-order chi connectivity index (χ1) is 39.6. The number of hydrogen-bond donors (Lipinski definition) is 3. The Kier molecular flexibility index (Phi) is 52.6. The number of rotatable bonds is 56. The van der Waals surface area contributed by atoms with Crippen LogP contribution in [0.15, 0.2) is 72.9 Å². The van der Waals surface area contributed by atoms with Crippen LogP contribution in [0.5, 0.6) is 0 Å². The lowest BCUT2D eigenvalue weighted by molar-refractivity contribution is -0.301. The van der Waals surface area contributed by atoms with Crippen LogP contribution in [0.2, 0.25) is 0 Å². The van der Waals surface area contributed by atoms with Crippen molar-refractivity contribution < 1.29 is 58.2 Å². The molecule has 0 amide bonds. The second-order valence-electron chi connectivity index (χ2n) is 22.4. The van der Waals surface area contributed by atoms with Gasteiger partial charge >= 0.3 is 23.9 Å². The summed E-state index contributed by atoms with van der Waals surface area (Å²) in [4.78, 5) is 51.3. The molecule has 1 heterocycles. The number of aliphatic hydroxyl groups excluding tert-OH is 2. The van der Waals surface area contributed by atoms with E-state index in [2.05, 4.69) is 93.7 Å². The first-order valence-corrected chi connectivity index (χ1v) is 32.9. The van der Waals surface area contributed by atoms with E-state index in [-0.39, 0.29) is 25.9 Å². The Labute approximate surface area is 493 Å². The van der Waals surface area contributed by atoms with Gasteiger partial charge in [0, 0.05) is 19.3 Å². The number of carbonyl (C=O) groups excluding carboxylic acids is 3. The lowest BCUT2D eigenvalue weighted by Crippen LogP contribution is -2.61. The number of carbonyl (C=O) groups is 4. The Morgan fingerprint density at radius 2 is 0.778 bits per heavy atom. The summed E-state index contributed by atoms with van der Waals surface area (Å²) in [6.07, 6.45) is 60.0. The molecule has 1 rings (SSSR count). The molecule has 0 aliphatic carbocycles. The van der Waals surface area contributed by atoms with Gasteiger partial charge in [0.1, 0.15) is 18.8 Å². The van der Waals surface area contributed by atoms with E-state index in [0.29, 0.717) is 19.3 Å². The molecule has 1 aliphatic rings. The van der Waals surface area contributed by atoms with Crippen LogP contribution >= 0.6 is 0 Å². The number of hydrogen-bond acceptors (Lipinski definition) is 11. The highest BCUT2D eigenvalue weighted by Gasteiger charge is 2.50. The molecule has 466 valence electrons. The van der Waals surface area contributed by atoms with Gasteiger partial charge in [-0.05, 0) is 109 Å². The van der Waals surface area contributed by atoms with E-state index in [4.69, 9.17) is 23.7 Å². The van der Waals surface area contributed by atoms with Gasteiger partial charge in [-0.25, -0.2) is 4.79 Å². The number of esters is 3. The molecule has 0 bridgehead atoms. The maximum Gasteiger partial charge on any atom is 0.335 e. The summed E-state index contributed by atoms with van der Waals surface area (Å²) < 4.78 is 28.5. The van der Waals surface area contributed by atoms with Gasteiger partial charge in [0.2, 0.25) is 0 Å². The fourth-order valence-electron chi connectivity index (χ4n) is 9.70. The van der Waals surface area contributed by atoms with Gasteiger partial charge < -0.3 is 39.0 Å². The van der Waals surface area contributed by atoms with Crippen molar-refractivity contribution in [2.45, 2.75) is 327 Å². The molecule has 1 fully saturated rings. The predicted octanol–water partition coefficient (Wildman–Crippen LogP) is 17.7. The highest BCUT2D eigenvalue weighted by molar-refractivity contribution is 5.74. The summed E-state index contributed by atoms with van der Waals surface area (Å²) in [5, 5.41) is 31.6. The van der Waals surface area contributed by atoms with Crippen molar-refractivity contribution in [2.75, 3.05) is 13.2 Å². The van der Waals surface area contributed by atoms with E-state index in [0.717, 1.165) is 128 Å². The molecule has 0 aromatic heterocycles. The molecule has 0 radical (unpaired) electrons. The zero-order chi connectivity index (χ0) is 58.9. The van der Waals surface area contributed by atoms with Crippen LogP contribution in [0.3, 0.4) is 0 Å². The Balaban J connectivity index is 2.66. The van der Waals surface area contributed by atoms with E-state index in [9.17, 15) is 34.5 Å². The first kappa shape index (κ1) is 75.2. The minimum atomic E-state index is -1.91. The highest BCUT2D eigenvalue weighted by Crippen LogP contribution is 2.27. The fraction of sp³-hybridized carbons (Fsp3) is 0.768. The number of ether oxygens (including phenoxy) is 5. The molecule has 1 saturated heterocycles. The average molecular weight is 1140 g/mol. The van der Waals surface area contributed by atoms with Gasteiger partial charge in [-0.15, -0.1) is 0 Å². The van der Waals surface area contributed by atoms with Crippen LogP contribution in [0.1, 0.15) is 290 Å².